The number of nitrogens with one attached hydrogen (secondary N) is 1. The summed E-state index contributed by atoms with van der Waals surface area (Å²) in [5.41, 5.74) is 1.41. The fourth-order valence-corrected chi connectivity index (χ4v) is 2.75. The molecule has 2 fully saturated rings. The maximum absolute atomic E-state index is 3.64. The Balaban J connectivity index is 1.45. The van der Waals surface area contributed by atoms with Crippen LogP contribution in [0.5, 0.6) is 0 Å². The Labute approximate surface area is 98.3 Å². The summed E-state index contributed by atoms with van der Waals surface area (Å²) in [4.78, 5) is 0. The second-order valence-electron chi connectivity index (χ2n) is 5.46. The van der Waals surface area contributed by atoms with Gasteiger partial charge in [-0.1, -0.05) is 30.3 Å². The summed E-state index contributed by atoms with van der Waals surface area (Å²) in [5, 5.41) is 3.64. The fourth-order valence-electron chi connectivity index (χ4n) is 2.75. The molecule has 16 heavy (non-hydrogen) atoms. The van der Waals surface area contributed by atoms with Crippen LogP contribution in [0.3, 0.4) is 0 Å². The zero-order valence-electron chi connectivity index (χ0n) is 9.86. The third-order valence-corrected chi connectivity index (χ3v) is 4.01. The molecule has 1 N–H and O–H groups in total. The Morgan fingerprint density at radius 1 is 1.00 bits per heavy atom. The lowest BCUT2D eigenvalue weighted by molar-refractivity contribution is 0.378. The SMILES string of the molecule is c1ccc(CNCC(C2CC2)C2CC2)cc1. The number of hydrogen-bond donors (Lipinski definition) is 1. The number of hydrogen-bond acceptors (Lipinski definition) is 1. The second-order valence-corrected chi connectivity index (χ2v) is 5.46. The van der Waals surface area contributed by atoms with Gasteiger partial charge in [0.15, 0.2) is 0 Å². The van der Waals surface area contributed by atoms with Crippen LogP contribution >= 0.6 is 0 Å². The van der Waals surface area contributed by atoms with Gasteiger partial charge in [0.05, 0.1) is 0 Å². The summed E-state index contributed by atoms with van der Waals surface area (Å²) >= 11 is 0. The van der Waals surface area contributed by atoms with Crippen molar-refractivity contribution in [1.29, 1.82) is 0 Å². The summed E-state index contributed by atoms with van der Waals surface area (Å²) in [5.74, 6) is 3.12. The summed E-state index contributed by atoms with van der Waals surface area (Å²) < 4.78 is 0. The van der Waals surface area contributed by atoms with Crippen molar-refractivity contribution in [2.75, 3.05) is 6.54 Å². The van der Waals surface area contributed by atoms with E-state index < -0.39 is 0 Å². The van der Waals surface area contributed by atoms with Crippen molar-refractivity contribution in [3.63, 3.8) is 0 Å². The molecule has 1 nitrogen and oxygen atoms in total. The third kappa shape index (κ3) is 2.65. The molecule has 2 aliphatic rings. The first kappa shape index (κ1) is 10.3. The Morgan fingerprint density at radius 3 is 2.19 bits per heavy atom. The van der Waals surface area contributed by atoms with E-state index in [2.05, 4.69) is 35.6 Å². The van der Waals surface area contributed by atoms with Crippen LogP contribution in [0.1, 0.15) is 31.2 Å². The molecule has 0 aliphatic heterocycles. The quantitative estimate of drug-likeness (QED) is 0.768. The zero-order valence-corrected chi connectivity index (χ0v) is 9.86. The van der Waals surface area contributed by atoms with Gasteiger partial charge >= 0.3 is 0 Å². The molecule has 2 saturated carbocycles. The van der Waals surface area contributed by atoms with Crippen molar-refractivity contribution in [3.8, 4) is 0 Å². The van der Waals surface area contributed by atoms with Crippen molar-refractivity contribution in [2.45, 2.75) is 32.2 Å². The largest absolute Gasteiger partial charge is 0.312 e. The van der Waals surface area contributed by atoms with Gasteiger partial charge in [0.2, 0.25) is 0 Å². The van der Waals surface area contributed by atoms with Crippen LogP contribution in [0.15, 0.2) is 30.3 Å². The highest BCUT2D eigenvalue weighted by molar-refractivity contribution is 5.14. The van der Waals surface area contributed by atoms with Gasteiger partial charge in [-0.3, -0.25) is 0 Å². The molecule has 2 aliphatic carbocycles. The second kappa shape index (κ2) is 4.58. The molecule has 0 saturated heterocycles. The molecule has 0 radical (unpaired) electrons. The molecule has 1 aromatic rings. The lowest BCUT2D eigenvalue weighted by Crippen LogP contribution is -2.25. The van der Waals surface area contributed by atoms with Crippen molar-refractivity contribution in [3.05, 3.63) is 35.9 Å². The van der Waals surface area contributed by atoms with Crippen LogP contribution in [0.4, 0.5) is 0 Å². The average Bonchev–Trinajstić information content (AvgIpc) is 3.17. The highest BCUT2D eigenvalue weighted by atomic mass is 14.9. The zero-order chi connectivity index (χ0) is 10.8. The maximum atomic E-state index is 3.64. The van der Waals surface area contributed by atoms with E-state index in [0.717, 1.165) is 24.3 Å². The molecule has 0 unspecified atom stereocenters. The minimum Gasteiger partial charge on any atom is -0.312 e. The summed E-state index contributed by atoms with van der Waals surface area (Å²) in [6.07, 6.45) is 5.98. The topological polar surface area (TPSA) is 12.0 Å². The molecule has 0 atom stereocenters. The molecular formula is C15H21N. The van der Waals surface area contributed by atoms with Crippen molar-refractivity contribution < 1.29 is 0 Å². The molecule has 3 rings (SSSR count). The van der Waals surface area contributed by atoms with Gasteiger partial charge in [-0.05, 0) is 55.5 Å². The predicted octanol–water partition coefficient (Wildman–Crippen LogP) is 3.21. The maximum Gasteiger partial charge on any atom is 0.0205 e. The van der Waals surface area contributed by atoms with Crippen molar-refractivity contribution >= 4 is 0 Å². The molecule has 0 spiro atoms. The molecule has 0 aromatic heterocycles. The van der Waals surface area contributed by atoms with Crippen LogP contribution in [0, 0.1) is 17.8 Å². The Kier molecular flexibility index (Phi) is 2.96. The van der Waals surface area contributed by atoms with Gasteiger partial charge in [-0.2, -0.15) is 0 Å². The third-order valence-electron chi connectivity index (χ3n) is 4.01. The Bertz CT molecular complexity index is 313. The Morgan fingerprint density at radius 2 is 1.62 bits per heavy atom. The van der Waals surface area contributed by atoms with E-state index in [4.69, 9.17) is 0 Å². The molecule has 0 heterocycles. The van der Waals surface area contributed by atoms with E-state index in [-0.39, 0.29) is 0 Å². The highest BCUT2D eigenvalue weighted by Crippen LogP contribution is 2.48. The van der Waals surface area contributed by atoms with Crippen molar-refractivity contribution in [2.24, 2.45) is 17.8 Å². The van der Waals surface area contributed by atoms with Crippen LogP contribution in [-0.4, -0.2) is 6.54 Å². The van der Waals surface area contributed by atoms with E-state index >= 15 is 0 Å². The van der Waals surface area contributed by atoms with Crippen LogP contribution in [-0.2, 0) is 6.54 Å². The van der Waals surface area contributed by atoms with Gasteiger partial charge in [0.1, 0.15) is 0 Å². The van der Waals surface area contributed by atoms with E-state index in [1.807, 2.05) is 0 Å². The summed E-state index contributed by atoms with van der Waals surface area (Å²) in [7, 11) is 0. The van der Waals surface area contributed by atoms with Gasteiger partial charge in [0, 0.05) is 6.54 Å². The number of rotatable bonds is 6. The van der Waals surface area contributed by atoms with E-state index in [1.165, 1.54) is 37.8 Å². The number of benzene rings is 1. The molecule has 1 aromatic carbocycles. The lowest BCUT2D eigenvalue weighted by Gasteiger charge is -2.16. The van der Waals surface area contributed by atoms with Crippen LogP contribution in [0.2, 0.25) is 0 Å². The minimum atomic E-state index is 0.990. The Hall–Kier alpha value is -0.820. The smallest absolute Gasteiger partial charge is 0.0205 e. The van der Waals surface area contributed by atoms with E-state index in [9.17, 15) is 0 Å². The summed E-state index contributed by atoms with van der Waals surface area (Å²) in [6, 6.07) is 10.7. The molecular weight excluding hydrogens is 194 g/mol. The first-order valence-electron chi connectivity index (χ1n) is 6.68. The predicted molar refractivity (Wildman–Crippen MR) is 67.1 cm³/mol. The molecule has 1 heteroatoms. The van der Waals surface area contributed by atoms with Crippen LogP contribution < -0.4 is 5.32 Å². The fraction of sp³-hybridized carbons (Fsp3) is 0.600. The summed E-state index contributed by atoms with van der Waals surface area (Å²) in [6.45, 7) is 2.28. The van der Waals surface area contributed by atoms with E-state index in [0.29, 0.717) is 0 Å². The minimum absolute atomic E-state index is 0.990. The standard InChI is InChI=1S/C15H21N/c1-2-4-12(5-3-1)10-16-11-15(13-6-7-13)14-8-9-14/h1-5,13-16H,6-11H2. The molecule has 0 bridgehead atoms. The monoisotopic (exact) mass is 215 g/mol. The van der Waals surface area contributed by atoms with Gasteiger partial charge in [0.25, 0.3) is 0 Å². The van der Waals surface area contributed by atoms with Crippen molar-refractivity contribution in [1.82, 2.24) is 5.32 Å². The van der Waals surface area contributed by atoms with Gasteiger partial charge in [-0.15, -0.1) is 0 Å². The normalized spacial score (nSPS) is 20.3. The first-order valence-corrected chi connectivity index (χ1v) is 6.68. The van der Waals surface area contributed by atoms with E-state index in [1.54, 1.807) is 0 Å². The first-order chi connectivity index (χ1) is 7.93. The lowest BCUT2D eigenvalue weighted by atomic mass is 9.98. The molecule has 86 valence electrons. The average molecular weight is 215 g/mol. The van der Waals surface area contributed by atoms with Gasteiger partial charge < -0.3 is 5.32 Å². The van der Waals surface area contributed by atoms with Crippen LogP contribution in [0.25, 0.3) is 0 Å². The van der Waals surface area contributed by atoms with Gasteiger partial charge in [-0.25, -0.2) is 0 Å². The molecule has 0 amide bonds. The highest BCUT2D eigenvalue weighted by Gasteiger charge is 2.40.